The van der Waals surface area contributed by atoms with Crippen molar-refractivity contribution < 1.29 is 9.59 Å². The Balaban J connectivity index is 1.89. The second-order valence-corrected chi connectivity index (χ2v) is 9.11. The van der Waals surface area contributed by atoms with E-state index in [-0.39, 0.29) is 24.3 Å². The van der Waals surface area contributed by atoms with Crippen LogP contribution in [0.15, 0.2) is 78.9 Å². The SMILES string of the molecule is CC(C)C(=O)N(Cc1ccccc1)C(Cc1ccccc1)C(=O)NCc1ccc(Cl)cc1Cl. The first-order valence-electron chi connectivity index (χ1n) is 10.9. The summed E-state index contributed by atoms with van der Waals surface area (Å²) in [7, 11) is 0. The van der Waals surface area contributed by atoms with E-state index in [1.807, 2.05) is 74.5 Å². The smallest absolute Gasteiger partial charge is 0.243 e. The molecule has 3 aromatic rings. The monoisotopic (exact) mass is 482 g/mol. The van der Waals surface area contributed by atoms with E-state index < -0.39 is 6.04 Å². The lowest BCUT2D eigenvalue weighted by Crippen LogP contribution is -2.51. The van der Waals surface area contributed by atoms with E-state index in [9.17, 15) is 9.59 Å². The molecule has 0 bridgehead atoms. The van der Waals surface area contributed by atoms with E-state index in [1.54, 1.807) is 23.1 Å². The van der Waals surface area contributed by atoms with Crippen LogP contribution in [0.2, 0.25) is 10.0 Å². The van der Waals surface area contributed by atoms with Gasteiger partial charge in [-0.15, -0.1) is 0 Å². The van der Waals surface area contributed by atoms with Crippen molar-refractivity contribution >= 4 is 35.0 Å². The lowest BCUT2D eigenvalue weighted by molar-refractivity contribution is -0.143. The molecule has 0 aliphatic rings. The minimum Gasteiger partial charge on any atom is -0.350 e. The maximum Gasteiger partial charge on any atom is 0.243 e. The van der Waals surface area contributed by atoms with Crippen LogP contribution in [0, 0.1) is 5.92 Å². The first-order chi connectivity index (χ1) is 15.8. The van der Waals surface area contributed by atoms with Crippen molar-refractivity contribution in [3.63, 3.8) is 0 Å². The number of hydrogen-bond donors (Lipinski definition) is 1. The predicted molar refractivity (Wildman–Crippen MR) is 134 cm³/mol. The summed E-state index contributed by atoms with van der Waals surface area (Å²) in [6.07, 6.45) is 0.409. The van der Waals surface area contributed by atoms with Crippen molar-refractivity contribution in [1.29, 1.82) is 0 Å². The van der Waals surface area contributed by atoms with Gasteiger partial charge in [0.05, 0.1) is 0 Å². The fourth-order valence-electron chi connectivity index (χ4n) is 3.60. The third-order valence-corrected chi connectivity index (χ3v) is 5.98. The maximum absolute atomic E-state index is 13.5. The molecule has 1 atom stereocenters. The zero-order valence-electron chi connectivity index (χ0n) is 18.8. The Morgan fingerprint density at radius 1 is 0.879 bits per heavy atom. The molecule has 2 amide bonds. The molecule has 0 spiro atoms. The summed E-state index contributed by atoms with van der Waals surface area (Å²) < 4.78 is 0. The van der Waals surface area contributed by atoms with Gasteiger partial charge in [-0.1, -0.05) is 104 Å². The highest BCUT2D eigenvalue weighted by Gasteiger charge is 2.31. The van der Waals surface area contributed by atoms with Gasteiger partial charge in [-0.05, 0) is 28.8 Å². The highest BCUT2D eigenvalue weighted by atomic mass is 35.5. The Bertz CT molecular complexity index is 1070. The van der Waals surface area contributed by atoms with Gasteiger partial charge in [-0.25, -0.2) is 0 Å². The van der Waals surface area contributed by atoms with Crippen LogP contribution in [0.3, 0.4) is 0 Å². The lowest BCUT2D eigenvalue weighted by atomic mass is 10.0. The van der Waals surface area contributed by atoms with Gasteiger partial charge in [0.2, 0.25) is 11.8 Å². The van der Waals surface area contributed by atoms with Crippen LogP contribution in [0.25, 0.3) is 0 Å². The normalized spacial score (nSPS) is 11.8. The van der Waals surface area contributed by atoms with Gasteiger partial charge in [0.1, 0.15) is 6.04 Å². The molecule has 1 unspecified atom stereocenters. The fraction of sp³-hybridized carbons (Fsp3) is 0.259. The van der Waals surface area contributed by atoms with E-state index >= 15 is 0 Å². The molecule has 0 fully saturated rings. The molecule has 3 aromatic carbocycles. The van der Waals surface area contributed by atoms with Gasteiger partial charge in [-0.2, -0.15) is 0 Å². The molecule has 3 rings (SSSR count). The topological polar surface area (TPSA) is 49.4 Å². The van der Waals surface area contributed by atoms with Crippen LogP contribution in [0.1, 0.15) is 30.5 Å². The summed E-state index contributed by atoms with van der Waals surface area (Å²) in [4.78, 5) is 28.4. The molecule has 4 nitrogen and oxygen atoms in total. The predicted octanol–water partition coefficient (Wildman–Crippen LogP) is 5.91. The molecule has 0 saturated carbocycles. The fourth-order valence-corrected chi connectivity index (χ4v) is 4.08. The van der Waals surface area contributed by atoms with Crippen molar-refractivity contribution in [2.75, 3.05) is 0 Å². The number of halogens is 2. The van der Waals surface area contributed by atoms with Crippen LogP contribution in [-0.4, -0.2) is 22.8 Å². The molecular formula is C27H28Cl2N2O2. The van der Waals surface area contributed by atoms with Crippen molar-refractivity contribution in [2.24, 2.45) is 5.92 Å². The number of carbonyl (C=O) groups excluding carboxylic acids is 2. The summed E-state index contributed by atoms with van der Waals surface area (Å²) >= 11 is 12.3. The molecule has 0 saturated heterocycles. The van der Waals surface area contributed by atoms with Gasteiger partial charge >= 0.3 is 0 Å². The van der Waals surface area contributed by atoms with E-state index in [2.05, 4.69) is 5.32 Å². The average molecular weight is 483 g/mol. The van der Waals surface area contributed by atoms with E-state index in [0.717, 1.165) is 16.7 Å². The Morgan fingerprint density at radius 2 is 1.48 bits per heavy atom. The first kappa shape index (κ1) is 24.8. The molecule has 0 aliphatic heterocycles. The van der Waals surface area contributed by atoms with Crippen LogP contribution in [0.4, 0.5) is 0 Å². The quantitative estimate of drug-likeness (QED) is 0.412. The number of amides is 2. The molecule has 6 heteroatoms. The highest BCUT2D eigenvalue weighted by molar-refractivity contribution is 6.35. The van der Waals surface area contributed by atoms with Crippen molar-refractivity contribution in [1.82, 2.24) is 10.2 Å². The standard InChI is InChI=1S/C27H28Cl2N2O2/c1-19(2)27(33)31(18-21-11-7-4-8-12-21)25(15-20-9-5-3-6-10-20)26(32)30-17-22-13-14-23(28)16-24(22)29/h3-14,16,19,25H,15,17-18H2,1-2H3,(H,30,32). The molecule has 0 aliphatic carbocycles. The minimum atomic E-state index is -0.673. The van der Waals surface area contributed by atoms with Gasteiger partial charge in [0, 0.05) is 35.5 Å². The zero-order valence-corrected chi connectivity index (χ0v) is 20.3. The largest absolute Gasteiger partial charge is 0.350 e. The van der Waals surface area contributed by atoms with E-state index in [0.29, 0.717) is 23.0 Å². The Labute approximate surface area is 205 Å². The van der Waals surface area contributed by atoms with Gasteiger partial charge < -0.3 is 10.2 Å². The van der Waals surface area contributed by atoms with E-state index in [4.69, 9.17) is 23.2 Å². The molecule has 1 N–H and O–H groups in total. The van der Waals surface area contributed by atoms with Crippen molar-refractivity contribution in [2.45, 2.75) is 39.4 Å². The minimum absolute atomic E-state index is 0.0699. The zero-order chi connectivity index (χ0) is 23.8. The Morgan fingerprint density at radius 3 is 2.06 bits per heavy atom. The summed E-state index contributed by atoms with van der Waals surface area (Å²) in [5, 5.41) is 4.00. The summed E-state index contributed by atoms with van der Waals surface area (Å²) in [5.41, 5.74) is 2.72. The molecule has 33 heavy (non-hydrogen) atoms. The van der Waals surface area contributed by atoms with Crippen LogP contribution < -0.4 is 5.32 Å². The molecule has 0 heterocycles. The Kier molecular flexibility index (Phi) is 8.93. The third-order valence-electron chi connectivity index (χ3n) is 5.39. The first-order valence-corrected chi connectivity index (χ1v) is 11.7. The Hall–Kier alpha value is -2.82. The maximum atomic E-state index is 13.5. The van der Waals surface area contributed by atoms with Crippen molar-refractivity contribution in [3.8, 4) is 0 Å². The third kappa shape index (κ3) is 7.08. The second kappa shape index (κ2) is 11.9. The lowest BCUT2D eigenvalue weighted by Gasteiger charge is -2.33. The molecule has 0 radical (unpaired) electrons. The summed E-state index contributed by atoms with van der Waals surface area (Å²) in [6, 6.07) is 24.0. The molecule has 172 valence electrons. The molecule has 0 aromatic heterocycles. The van der Waals surface area contributed by atoms with Crippen LogP contribution >= 0.6 is 23.2 Å². The number of carbonyl (C=O) groups is 2. The average Bonchev–Trinajstić information content (AvgIpc) is 2.81. The number of nitrogens with zero attached hydrogens (tertiary/aromatic N) is 1. The van der Waals surface area contributed by atoms with E-state index in [1.165, 1.54) is 0 Å². The second-order valence-electron chi connectivity index (χ2n) is 8.27. The number of hydrogen-bond acceptors (Lipinski definition) is 2. The summed E-state index contributed by atoms with van der Waals surface area (Å²) in [6.45, 7) is 4.30. The number of benzene rings is 3. The number of nitrogens with one attached hydrogen (secondary N) is 1. The van der Waals surface area contributed by atoms with Crippen LogP contribution in [0.5, 0.6) is 0 Å². The van der Waals surface area contributed by atoms with Gasteiger partial charge in [0.15, 0.2) is 0 Å². The van der Waals surface area contributed by atoms with Gasteiger partial charge in [-0.3, -0.25) is 9.59 Å². The van der Waals surface area contributed by atoms with Crippen molar-refractivity contribution in [3.05, 3.63) is 106 Å². The summed E-state index contributed by atoms with van der Waals surface area (Å²) in [5.74, 6) is -0.542. The van der Waals surface area contributed by atoms with Crippen LogP contribution in [-0.2, 0) is 29.1 Å². The molecular weight excluding hydrogens is 455 g/mol. The number of rotatable bonds is 9. The highest BCUT2D eigenvalue weighted by Crippen LogP contribution is 2.21. The van der Waals surface area contributed by atoms with Gasteiger partial charge in [0.25, 0.3) is 0 Å².